The zero-order valence-corrected chi connectivity index (χ0v) is 9.62. The van der Waals surface area contributed by atoms with Gasteiger partial charge in [-0.1, -0.05) is 6.92 Å². The summed E-state index contributed by atoms with van der Waals surface area (Å²) in [5, 5.41) is 0. The molecule has 0 spiro atoms. The van der Waals surface area contributed by atoms with Crippen molar-refractivity contribution in [2.24, 2.45) is 5.73 Å². The Labute approximate surface area is 87.0 Å². The Morgan fingerprint density at radius 1 is 1.29 bits per heavy atom. The molecule has 0 unspecified atom stereocenters. The van der Waals surface area contributed by atoms with Crippen LogP contribution in [-0.4, -0.2) is 49.1 Å². The summed E-state index contributed by atoms with van der Waals surface area (Å²) in [5.41, 5.74) is 5.43. The summed E-state index contributed by atoms with van der Waals surface area (Å²) in [6.07, 6.45) is 1.87. The molecule has 4 heteroatoms. The first-order chi connectivity index (χ1) is 6.67. The fourth-order valence-corrected chi connectivity index (χ4v) is 1.23. The van der Waals surface area contributed by atoms with Gasteiger partial charge in [0.25, 0.3) is 0 Å². The highest BCUT2D eigenvalue weighted by Crippen LogP contribution is 1.99. The quantitative estimate of drug-likeness (QED) is 0.700. The second kappa shape index (κ2) is 7.62. The van der Waals surface area contributed by atoms with Gasteiger partial charge in [-0.05, 0) is 26.3 Å². The molecule has 2 N–H and O–H groups in total. The van der Waals surface area contributed by atoms with Gasteiger partial charge in [0.2, 0.25) is 0 Å². The number of rotatable bonds is 6. The molecule has 0 atom stereocenters. The Morgan fingerprint density at radius 2 is 1.93 bits per heavy atom. The minimum Gasteiger partial charge on any atom is -0.330 e. The fourth-order valence-electron chi connectivity index (χ4n) is 1.23. The maximum atomic E-state index is 11.8. The Bertz CT molecular complexity index is 161. The van der Waals surface area contributed by atoms with Crippen LogP contribution in [0.1, 0.15) is 26.7 Å². The van der Waals surface area contributed by atoms with Crippen LogP contribution in [0.3, 0.4) is 0 Å². The molecule has 4 nitrogen and oxygen atoms in total. The third kappa shape index (κ3) is 4.46. The van der Waals surface area contributed by atoms with Crippen LogP contribution >= 0.6 is 0 Å². The average molecular weight is 201 g/mol. The highest BCUT2D eigenvalue weighted by atomic mass is 16.2. The van der Waals surface area contributed by atoms with Gasteiger partial charge in [0.15, 0.2) is 0 Å². The highest BCUT2D eigenvalue weighted by molar-refractivity contribution is 5.74. The van der Waals surface area contributed by atoms with E-state index in [4.69, 9.17) is 5.73 Å². The van der Waals surface area contributed by atoms with Gasteiger partial charge in [0, 0.05) is 26.7 Å². The summed E-state index contributed by atoms with van der Waals surface area (Å²) in [6.45, 7) is 7.04. The summed E-state index contributed by atoms with van der Waals surface area (Å²) in [6, 6.07) is 0.114. The first kappa shape index (κ1) is 13.2. The zero-order valence-electron chi connectivity index (χ0n) is 9.62. The fraction of sp³-hybridized carbons (Fsp3) is 0.900. The molecule has 0 fully saturated rings. The third-order valence-electron chi connectivity index (χ3n) is 2.20. The molecule has 0 saturated carbocycles. The molecule has 14 heavy (non-hydrogen) atoms. The minimum atomic E-state index is 0.114. The van der Waals surface area contributed by atoms with E-state index in [1.807, 2.05) is 18.9 Å². The summed E-state index contributed by atoms with van der Waals surface area (Å²) in [4.78, 5) is 15.4. The van der Waals surface area contributed by atoms with Crippen molar-refractivity contribution in [1.82, 2.24) is 9.80 Å². The molecule has 84 valence electrons. The number of hydrogen-bond donors (Lipinski definition) is 1. The Kier molecular flexibility index (Phi) is 7.20. The van der Waals surface area contributed by atoms with E-state index < -0.39 is 0 Å². The molecule has 0 bridgehead atoms. The second-order valence-electron chi connectivity index (χ2n) is 3.43. The monoisotopic (exact) mass is 201 g/mol. The van der Waals surface area contributed by atoms with E-state index in [1.165, 1.54) is 0 Å². The standard InChI is InChI=1S/C10H23N3O/c1-4-8-13(9-6-7-11)10(14)12(3)5-2/h4-9,11H2,1-3H3. The summed E-state index contributed by atoms with van der Waals surface area (Å²) < 4.78 is 0. The lowest BCUT2D eigenvalue weighted by atomic mass is 10.3. The van der Waals surface area contributed by atoms with E-state index >= 15 is 0 Å². The molecule has 2 amide bonds. The maximum Gasteiger partial charge on any atom is 0.319 e. The lowest BCUT2D eigenvalue weighted by molar-refractivity contribution is 0.164. The highest BCUT2D eigenvalue weighted by Gasteiger charge is 2.14. The molecule has 0 aromatic heterocycles. The molecule has 0 aliphatic heterocycles. The van der Waals surface area contributed by atoms with Crippen molar-refractivity contribution in [1.29, 1.82) is 0 Å². The van der Waals surface area contributed by atoms with Crippen LogP contribution in [0.25, 0.3) is 0 Å². The van der Waals surface area contributed by atoms with Gasteiger partial charge in [-0.3, -0.25) is 0 Å². The van der Waals surface area contributed by atoms with Crippen molar-refractivity contribution in [2.75, 3.05) is 33.2 Å². The molecule has 0 aliphatic rings. The van der Waals surface area contributed by atoms with E-state index in [9.17, 15) is 4.79 Å². The Hall–Kier alpha value is -0.770. The van der Waals surface area contributed by atoms with Crippen LogP contribution in [0.5, 0.6) is 0 Å². The largest absolute Gasteiger partial charge is 0.330 e. The van der Waals surface area contributed by atoms with E-state index in [1.54, 1.807) is 4.90 Å². The van der Waals surface area contributed by atoms with Gasteiger partial charge < -0.3 is 15.5 Å². The van der Waals surface area contributed by atoms with Gasteiger partial charge in [-0.25, -0.2) is 4.79 Å². The first-order valence-electron chi connectivity index (χ1n) is 5.37. The summed E-state index contributed by atoms with van der Waals surface area (Å²) in [7, 11) is 1.83. The molecule has 0 aromatic carbocycles. The van der Waals surface area contributed by atoms with Crippen molar-refractivity contribution in [3.05, 3.63) is 0 Å². The smallest absolute Gasteiger partial charge is 0.319 e. The van der Waals surface area contributed by atoms with Gasteiger partial charge >= 0.3 is 6.03 Å². The van der Waals surface area contributed by atoms with Crippen molar-refractivity contribution in [3.8, 4) is 0 Å². The zero-order chi connectivity index (χ0) is 11.0. The molecule has 0 radical (unpaired) electrons. The lowest BCUT2D eigenvalue weighted by Gasteiger charge is -2.27. The predicted molar refractivity (Wildman–Crippen MR) is 59.2 cm³/mol. The Morgan fingerprint density at radius 3 is 2.36 bits per heavy atom. The normalized spacial score (nSPS) is 10.0. The maximum absolute atomic E-state index is 11.8. The summed E-state index contributed by atoms with van der Waals surface area (Å²) in [5.74, 6) is 0. The van der Waals surface area contributed by atoms with E-state index in [2.05, 4.69) is 6.92 Å². The molecule has 0 rings (SSSR count). The van der Waals surface area contributed by atoms with Crippen LogP contribution in [0, 0.1) is 0 Å². The minimum absolute atomic E-state index is 0.114. The van der Waals surface area contributed by atoms with Gasteiger partial charge in [-0.2, -0.15) is 0 Å². The number of carbonyl (C=O) groups excluding carboxylic acids is 1. The van der Waals surface area contributed by atoms with Crippen LogP contribution in [0.15, 0.2) is 0 Å². The number of nitrogens with zero attached hydrogens (tertiary/aromatic N) is 2. The number of hydrogen-bond acceptors (Lipinski definition) is 2. The van der Waals surface area contributed by atoms with Gasteiger partial charge in [0.1, 0.15) is 0 Å². The molecule has 0 aliphatic carbocycles. The van der Waals surface area contributed by atoms with Crippen molar-refractivity contribution in [3.63, 3.8) is 0 Å². The van der Waals surface area contributed by atoms with Crippen LogP contribution in [0.4, 0.5) is 4.79 Å². The lowest BCUT2D eigenvalue weighted by Crippen LogP contribution is -2.42. The van der Waals surface area contributed by atoms with Crippen LogP contribution < -0.4 is 5.73 Å². The van der Waals surface area contributed by atoms with Gasteiger partial charge in [0.05, 0.1) is 0 Å². The van der Waals surface area contributed by atoms with Crippen molar-refractivity contribution < 1.29 is 4.79 Å². The van der Waals surface area contributed by atoms with Crippen molar-refractivity contribution in [2.45, 2.75) is 26.7 Å². The average Bonchev–Trinajstić information content (AvgIpc) is 2.22. The van der Waals surface area contributed by atoms with Crippen molar-refractivity contribution >= 4 is 6.03 Å². The number of nitrogens with two attached hydrogens (primary N) is 1. The molecule has 0 saturated heterocycles. The summed E-state index contributed by atoms with van der Waals surface area (Å²) >= 11 is 0. The van der Waals surface area contributed by atoms with Gasteiger partial charge in [-0.15, -0.1) is 0 Å². The van der Waals surface area contributed by atoms with E-state index in [-0.39, 0.29) is 6.03 Å². The SMILES string of the molecule is CCCN(CCCN)C(=O)N(C)CC. The predicted octanol–water partition coefficient (Wildman–Crippen LogP) is 1.12. The third-order valence-corrected chi connectivity index (χ3v) is 2.20. The molecule has 0 aromatic rings. The topological polar surface area (TPSA) is 49.6 Å². The second-order valence-corrected chi connectivity index (χ2v) is 3.43. The first-order valence-corrected chi connectivity index (χ1v) is 5.37. The van der Waals surface area contributed by atoms with E-state index in [0.717, 1.165) is 32.5 Å². The number of carbonyl (C=O) groups is 1. The molecular formula is C10H23N3O. The molecular weight excluding hydrogens is 178 g/mol. The number of amides is 2. The van der Waals surface area contributed by atoms with Crippen LogP contribution in [-0.2, 0) is 0 Å². The van der Waals surface area contributed by atoms with Crippen LogP contribution in [0.2, 0.25) is 0 Å². The Balaban J connectivity index is 4.10. The molecule has 0 heterocycles. The van der Waals surface area contributed by atoms with E-state index in [0.29, 0.717) is 6.54 Å². The number of urea groups is 1.